The highest BCUT2D eigenvalue weighted by Gasteiger charge is 2.40. The number of hydrogen-bond donors (Lipinski definition) is 2. The van der Waals surface area contributed by atoms with E-state index >= 15 is 0 Å². The lowest BCUT2D eigenvalue weighted by Gasteiger charge is -2.24. The third-order valence-electron chi connectivity index (χ3n) is 4.86. The molecule has 2 nitrogen and oxygen atoms in total. The Kier molecular flexibility index (Phi) is 5.08. The van der Waals surface area contributed by atoms with Gasteiger partial charge < -0.3 is 11.1 Å². The molecule has 3 N–H and O–H groups in total. The highest BCUT2D eigenvalue weighted by Crippen LogP contribution is 2.48. The maximum Gasteiger partial charge on any atom is -0.00152 e. The quantitative estimate of drug-likeness (QED) is 0.586. The van der Waals surface area contributed by atoms with Gasteiger partial charge in [-0.1, -0.05) is 13.8 Å². The summed E-state index contributed by atoms with van der Waals surface area (Å²) in [5.74, 6) is 3.18. The molecule has 2 heteroatoms. The minimum atomic E-state index is 0.433. The van der Waals surface area contributed by atoms with Crippen LogP contribution in [0.5, 0.6) is 0 Å². The Hall–Kier alpha value is -0.0800. The van der Waals surface area contributed by atoms with E-state index in [2.05, 4.69) is 19.2 Å². The molecule has 0 amide bonds. The number of hydrogen-bond acceptors (Lipinski definition) is 2. The van der Waals surface area contributed by atoms with Gasteiger partial charge in [0.05, 0.1) is 0 Å². The summed E-state index contributed by atoms with van der Waals surface area (Å²) in [4.78, 5) is 0. The van der Waals surface area contributed by atoms with Crippen LogP contribution in [0.25, 0.3) is 0 Å². The topological polar surface area (TPSA) is 38.0 Å². The molecule has 0 spiro atoms. The van der Waals surface area contributed by atoms with E-state index in [0.29, 0.717) is 5.41 Å². The third-order valence-corrected chi connectivity index (χ3v) is 4.86. The fraction of sp³-hybridized carbons (Fsp3) is 1.00. The first-order valence-corrected chi connectivity index (χ1v) is 8.03. The van der Waals surface area contributed by atoms with Crippen LogP contribution in [0.3, 0.4) is 0 Å². The molecule has 0 bridgehead atoms. The predicted octanol–water partition coefficient (Wildman–Crippen LogP) is 3.17. The summed E-state index contributed by atoms with van der Waals surface area (Å²) >= 11 is 0. The van der Waals surface area contributed by atoms with Gasteiger partial charge in [-0.25, -0.2) is 0 Å². The molecule has 2 rings (SSSR count). The van der Waals surface area contributed by atoms with Crippen molar-refractivity contribution in [1.29, 1.82) is 0 Å². The van der Waals surface area contributed by atoms with Gasteiger partial charge in [-0.05, 0) is 87.7 Å². The average Bonchev–Trinajstić information content (AvgIpc) is 3.15. The van der Waals surface area contributed by atoms with Gasteiger partial charge in [0.2, 0.25) is 0 Å². The molecule has 0 saturated heterocycles. The van der Waals surface area contributed by atoms with Crippen molar-refractivity contribution < 1.29 is 0 Å². The van der Waals surface area contributed by atoms with Crippen LogP contribution >= 0.6 is 0 Å². The van der Waals surface area contributed by atoms with E-state index in [1.54, 1.807) is 0 Å². The Morgan fingerprint density at radius 2 is 1.72 bits per heavy atom. The van der Waals surface area contributed by atoms with Gasteiger partial charge >= 0.3 is 0 Å². The van der Waals surface area contributed by atoms with E-state index in [1.165, 1.54) is 51.6 Å². The van der Waals surface area contributed by atoms with Crippen molar-refractivity contribution in [2.75, 3.05) is 19.6 Å². The lowest BCUT2D eigenvalue weighted by molar-refractivity contribution is 0.297. The van der Waals surface area contributed by atoms with Crippen LogP contribution in [-0.2, 0) is 0 Å². The van der Waals surface area contributed by atoms with Crippen molar-refractivity contribution in [2.24, 2.45) is 28.9 Å². The van der Waals surface area contributed by atoms with Crippen LogP contribution < -0.4 is 11.1 Å². The normalized spacial score (nSPS) is 20.7. The molecule has 2 aliphatic rings. The molecule has 18 heavy (non-hydrogen) atoms. The zero-order valence-electron chi connectivity index (χ0n) is 12.4. The standard InChI is InChI=1S/C16H32N2/c1-16(2,9-10-17)8-3-11-18-12-15(13-4-5-13)14-6-7-14/h13-15,18H,3-12,17H2,1-2H3. The summed E-state index contributed by atoms with van der Waals surface area (Å²) in [5, 5.41) is 3.71. The van der Waals surface area contributed by atoms with E-state index < -0.39 is 0 Å². The van der Waals surface area contributed by atoms with E-state index in [1.807, 2.05) is 0 Å². The fourth-order valence-corrected chi connectivity index (χ4v) is 3.24. The van der Waals surface area contributed by atoms with Crippen molar-refractivity contribution in [3.63, 3.8) is 0 Å². The largest absolute Gasteiger partial charge is 0.330 e. The molecule has 0 unspecified atom stereocenters. The van der Waals surface area contributed by atoms with Gasteiger partial charge in [0.1, 0.15) is 0 Å². The molecule has 0 aromatic rings. The van der Waals surface area contributed by atoms with Crippen molar-refractivity contribution >= 4 is 0 Å². The second-order valence-corrected chi connectivity index (χ2v) is 7.35. The highest BCUT2D eigenvalue weighted by molar-refractivity contribution is 4.92. The van der Waals surface area contributed by atoms with Gasteiger partial charge in [0.15, 0.2) is 0 Å². The van der Waals surface area contributed by atoms with Gasteiger partial charge in [0, 0.05) is 0 Å². The third kappa shape index (κ3) is 4.89. The van der Waals surface area contributed by atoms with Crippen LogP contribution in [0.15, 0.2) is 0 Å². The first-order chi connectivity index (χ1) is 8.62. The minimum Gasteiger partial charge on any atom is -0.330 e. The molecular weight excluding hydrogens is 220 g/mol. The van der Waals surface area contributed by atoms with Gasteiger partial charge in [-0.2, -0.15) is 0 Å². The zero-order valence-corrected chi connectivity index (χ0v) is 12.4. The Morgan fingerprint density at radius 1 is 1.11 bits per heavy atom. The van der Waals surface area contributed by atoms with Crippen LogP contribution in [-0.4, -0.2) is 19.6 Å². The molecule has 0 aliphatic heterocycles. The lowest BCUT2D eigenvalue weighted by Crippen LogP contribution is -2.27. The second-order valence-electron chi connectivity index (χ2n) is 7.35. The predicted molar refractivity (Wildman–Crippen MR) is 78.5 cm³/mol. The van der Waals surface area contributed by atoms with Crippen LogP contribution in [0, 0.1) is 23.2 Å². The van der Waals surface area contributed by atoms with Crippen molar-refractivity contribution in [3.8, 4) is 0 Å². The molecule has 0 atom stereocenters. The van der Waals surface area contributed by atoms with Crippen LogP contribution in [0.1, 0.15) is 58.8 Å². The Balaban J connectivity index is 1.52. The average molecular weight is 252 g/mol. The van der Waals surface area contributed by atoms with Crippen LogP contribution in [0.4, 0.5) is 0 Å². The van der Waals surface area contributed by atoms with E-state index in [0.717, 1.165) is 30.7 Å². The lowest BCUT2D eigenvalue weighted by atomic mass is 9.84. The molecule has 2 aliphatic carbocycles. The molecule has 106 valence electrons. The van der Waals surface area contributed by atoms with Gasteiger partial charge in [-0.15, -0.1) is 0 Å². The Bertz CT molecular complexity index is 229. The van der Waals surface area contributed by atoms with E-state index in [-0.39, 0.29) is 0 Å². The molecule has 2 saturated carbocycles. The monoisotopic (exact) mass is 252 g/mol. The summed E-state index contributed by atoms with van der Waals surface area (Å²) < 4.78 is 0. The Morgan fingerprint density at radius 3 is 2.22 bits per heavy atom. The number of nitrogens with two attached hydrogens (primary N) is 1. The molecule has 0 heterocycles. The van der Waals surface area contributed by atoms with Crippen LogP contribution in [0.2, 0.25) is 0 Å². The van der Waals surface area contributed by atoms with Crippen molar-refractivity contribution in [3.05, 3.63) is 0 Å². The van der Waals surface area contributed by atoms with Gasteiger partial charge in [-0.3, -0.25) is 0 Å². The molecular formula is C16H32N2. The van der Waals surface area contributed by atoms with E-state index in [9.17, 15) is 0 Å². The highest BCUT2D eigenvalue weighted by atomic mass is 14.9. The molecule has 0 aromatic heterocycles. The number of rotatable bonds is 10. The summed E-state index contributed by atoms with van der Waals surface area (Å²) in [6, 6.07) is 0. The SMILES string of the molecule is CC(C)(CCN)CCCNCC(C1CC1)C1CC1. The first-order valence-electron chi connectivity index (χ1n) is 8.03. The molecule has 0 radical (unpaired) electrons. The summed E-state index contributed by atoms with van der Waals surface area (Å²) in [7, 11) is 0. The fourth-order valence-electron chi connectivity index (χ4n) is 3.24. The summed E-state index contributed by atoms with van der Waals surface area (Å²) in [6.07, 6.45) is 9.78. The second kappa shape index (κ2) is 6.38. The molecule has 2 fully saturated rings. The summed E-state index contributed by atoms with van der Waals surface area (Å²) in [6.45, 7) is 8.00. The maximum absolute atomic E-state index is 5.65. The maximum atomic E-state index is 5.65. The number of nitrogens with one attached hydrogen (secondary N) is 1. The van der Waals surface area contributed by atoms with Crippen molar-refractivity contribution in [1.82, 2.24) is 5.32 Å². The van der Waals surface area contributed by atoms with E-state index in [4.69, 9.17) is 5.73 Å². The minimum absolute atomic E-state index is 0.433. The smallest absolute Gasteiger partial charge is 0.00152 e. The molecule has 0 aromatic carbocycles. The van der Waals surface area contributed by atoms with Gasteiger partial charge in [0.25, 0.3) is 0 Å². The first kappa shape index (κ1) is 14.3. The summed E-state index contributed by atoms with van der Waals surface area (Å²) in [5.41, 5.74) is 6.08. The Labute approximate surface area is 113 Å². The van der Waals surface area contributed by atoms with Crippen molar-refractivity contribution in [2.45, 2.75) is 58.8 Å². The zero-order chi connectivity index (χ0) is 13.0.